The normalized spacial score (nSPS) is 16.5. The van der Waals surface area contributed by atoms with E-state index in [1.54, 1.807) is 0 Å². The monoisotopic (exact) mass is 301 g/mol. The number of imidazole rings is 1. The highest BCUT2D eigenvalue weighted by Gasteiger charge is 2.22. The highest BCUT2D eigenvalue weighted by atomic mass is 15.3. The van der Waals surface area contributed by atoms with Crippen LogP contribution < -0.4 is 0 Å². The van der Waals surface area contributed by atoms with Crippen molar-refractivity contribution < 1.29 is 0 Å². The quantitative estimate of drug-likeness (QED) is 0.852. The fourth-order valence-electron chi connectivity index (χ4n) is 3.53. The molecule has 0 unspecified atom stereocenters. The van der Waals surface area contributed by atoms with E-state index < -0.39 is 0 Å². The number of aromatic nitrogens is 4. The molecule has 5 heteroatoms. The van der Waals surface area contributed by atoms with Crippen molar-refractivity contribution in [1.82, 2.24) is 24.2 Å². The SMILES string of the molecule is CN(Cc1cn(C)nc1C1CCCCC1)Cc1nccn1C. The molecule has 0 aromatic carbocycles. The van der Waals surface area contributed by atoms with Gasteiger partial charge in [-0.3, -0.25) is 9.58 Å². The van der Waals surface area contributed by atoms with Crippen LogP contribution in [0.15, 0.2) is 18.6 Å². The molecule has 1 aliphatic carbocycles. The summed E-state index contributed by atoms with van der Waals surface area (Å²) in [6.07, 6.45) is 12.7. The van der Waals surface area contributed by atoms with E-state index in [1.807, 2.05) is 31.2 Å². The van der Waals surface area contributed by atoms with Crippen molar-refractivity contribution in [2.24, 2.45) is 14.1 Å². The second-order valence-corrected chi connectivity index (χ2v) is 6.67. The van der Waals surface area contributed by atoms with Crippen LogP contribution in [0, 0.1) is 0 Å². The maximum absolute atomic E-state index is 4.77. The molecule has 1 aliphatic rings. The predicted molar refractivity (Wildman–Crippen MR) is 87.4 cm³/mol. The number of aryl methyl sites for hydroxylation is 2. The van der Waals surface area contributed by atoms with Gasteiger partial charge in [0.05, 0.1) is 12.2 Å². The van der Waals surface area contributed by atoms with Crippen molar-refractivity contribution in [3.63, 3.8) is 0 Å². The third-order valence-electron chi connectivity index (χ3n) is 4.70. The van der Waals surface area contributed by atoms with Crippen molar-refractivity contribution in [3.05, 3.63) is 35.7 Å². The Morgan fingerprint density at radius 2 is 1.95 bits per heavy atom. The van der Waals surface area contributed by atoms with Crippen LogP contribution in [-0.4, -0.2) is 31.3 Å². The summed E-state index contributed by atoms with van der Waals surface area (Å²) in [6.45, 7) is 1.80. The van der Waals surface area contributed by atoms with Gasteiger partial charge in [-0.15, -0.1) is 0 Å². The summed E-state index contributed by atoms with van der Waals surface area (Å²) in [4.78, 5) is 6.74. The Morgan fingerprint density at radius 3 is 2.64 bits per heavy atom. The average molecular weight is 301 g/mol. The van der Waals surface area contributed by atoms with Crippen LogP contribution in [0.25, 0.3) is 0 Å². The first-order valence-corrected chi connectivity index (χ1v) is 8.30. The van der Waals surface area contributed by atoms with Gasteiger partial charge in [-0.1, -0.05) is 19.3 Å². The van der Waals surface area contributed by atoms with Gasteiger partial charge in [0.15, 0.2) is 0 Å². The van der Waals surface area contributed by atoms with Gasteiger partial charge in [0, 0.05) is 50.7 Å². The van der Waals surface area contributed by atoms with Crippen LogP contribution in [-0.2, 0) is 27.2 Å². The summed E-state index contributed by atoms with van der Waals surface area (Å²) >= 11 is 0. The molecule has 0 aliphatic heterocycles. The van der Waals surface area contributed by atoms with Gasteiger partial charge in [-0.25, -0.2) is 4.98 Å². The van der Waals surface area contributed by atoms with Crippen molar-refractivity contribution in [1.29, 1.82) is 0 Å². The van der Waals surface area contributed by atoms with Gasteiger partial charge in [0.1, 0.15) is 5.82 Å². The predicted octanol–water partition coefficient (Wildman–Crippen LogP) is 2.83. The second-order valence-electron chi connectivity index (χ2n) is 6.67. The minimum absolute atomic E-state index is 0.659. The molecule has 2 heterocycles. The molecule has 2 aromatic rings. The Labute approximate surface area is 133 Å². The Balaban J connectivity index is 1.70. The Hall–Kier alpha value is -1.62. The highest BCUT2D eigenvalue weighted by molar-refractivity contribution is 5.21. The molecule has 0 bridgehead atoms. The maximum Gasteiger partial charge on any atom is 0.122 e. The smallest absolute Gasteiger partial charge is 0.122 e. The zero-order valence-electron chi connectivity index (χ0n) is 14.0. The molecule has 0 radical (unpaired) electrons. The van der Waals surface area contributed by atoms with Crippen LogP contribution in [0.2, 0.25) is 0 Å². The van der Waals surface area contributed by atoms with Crippen LogP contribution in [0.4, 0.5) is 0 Å². The largest absolute Gasteiger partial charge is 0.337 e. The zero-order valence-corrected chi connectivity index (χ0v) is 14.0. The van der Waals surface area contributed by atoms with E-state index in [0.29, 0.717) is 5.92 Å². The minimum atomic E-state index is 0.659. The lowest BCUT2D eigenvalue weighted by atomic mass is 9.85. The number of hydrogen-bond donors (Lipinski definition) is 0. The van der Waals surface area contributed by atoms with Crippen molar-refractivity contribution in [2.45, 2.75) is 51.1 Å². The van der Waals surface area contributed by atoms with Crippen LogP contribution >= 0.6 is 0 Å². The van der Waals surface area contributed by atoms with E-state index in [0.717, 1.165) is 18.9 Å². The molecule has 0 atom stereocenters. The Kier molecular flexibility index (Phi) is 4.62. The molecule has 120 valence electrons. The lowest BCUT2D eigenvalue weighted by Crippen LogP contribution is -2.20. The molecule has 0 spiro atoms. The molecular weight excluding hydrogens is 274 g/mol. The van der Waals surface area contributed by atoms with Crippen molar-refractivity contribution in [2.75, 3.05) is 7.05 Å². The molecule has 5 nitrogen and oxygen atoms in total. The number of nitrogens with zero attached hydrogens (tertiary/aromatic N) is 5. The molecule has 1 fully saturated rings. The number of hydrogen-bond acceptors (Lipinski definition) is 3. The van der Waals surface area contributed by atoms with Gasteiger partial charge in [0.2, 0.25) is 0 Å². The first-order valence-electron chi connectivity index (χ1n) is 8.30. The molecule has 0 saturated heterocycles. The molecule has 2 aromatic heterocycles. The van der Waals surface area contributed by atoms with Gasteiger partial charge >= 0.3 is 0 Å². The molecule has 0 N–H and O–H groups in total. The summed E-state index contributed by atoms with van der Waals surface area (Å²) < 4.78 is 4.07. The summed E-state index contributed by atoms with van der Waals surface area (Å²) in [5, 5.41) is 4.77. The molecule has 22 heavy (non-hydrogen) atoms. The van der Waals surface area contributed by atoms with Gasteiger partial charge < -0.3 is 4.57 Å². The van der Waals surface area contributed by atoms with E-state index in [4.69, 9.17) is 5.10 Å². The summed E-state index contributed by atoms with van der Waals surface area (Å²) in [5.41, 5.74) is 2.71. The van der Waals surface area contributed by atoms with Crippen molar-refractivity contribution >= 4 is 0 Å². The standard InChI is InChI=1S/C17H27N5/c1-20(13-16-18-9-10-21(16)2)11-15-12-22(3)19-17(15)14-7-5-4-6-8-14/h9-10,12,14H,4-8,11,13H2,1-3H3. The van der Waals surface area contributed by atoms with Crippen molar-refractivity contribution in [3.8, 4) is 0 Å². The van der Waals surface area contributed by atoms with E-state index in [9.17, 15) is 0 Å². The van der Waals surface area contributed by atoms with Gasteiger partial charge in [0.25, 0.3) is 0 Å². The molecular formula is C17H27N5. The minimum Gasteiger partial charge on any atom is -0.337 e. The van der Waals surface area contributed by atoms with E-state index in [-0.39, 0.29) is 0 Å². The van der Waals surface area contributed by atoms with Gasteiger partial charge in [-0.05, 0) is 19.9 Å². The Bertz CT molecular complexity index is 606. The summed E-state index contributed by atoms with van der Waals surface area (Å²) in [7, 11) is 6.24. The number of rotatable bonds is 5. The topological polar surface area (TPSA) is 38.9 Å². The second kappa shape index (κ2) is 6.65. The average Bonchev–Trinajstić information content (AvgIpc) is 3.06. The van der Waals surface area contributed by atoms with E-state index in [1.165, 1.54) is 43.4 Å². The Morgan fingerprint density at radius 1 is 1.18 bits per heavy atom. The molecule has 0 amide bonds. The third-order valence-corrected chi connectivity index (χ3v) is 4.70. The fraction of sp³-hybridized carbons (Fsp3) is 0.647. The highest BCUT2D eigenvalue weighted by Crippen LogP contribution is 2.33. The fourth-order valence-corrected chi connectivity index (χ4v) is 3.53. The van der Waals surface area contributed by atoms with E-state index >= 15 is 0 Å². The summed E-state index contributed by atoms with van der Waals surface area (Å²) in [6, 6.07) is 0. The van der Waals surface area contributed by atoms with Gasteiger partial charge in [-0.2, -0.15) is 5.10 Å². The first kappa shape index (κ1) is 15.3. The van der Waals surface area contributed by atoms with E-state index in [2.05, 4.69) is 27.7 Å². The third kappa shape index (κ3) is 3.40. The molecule has 3 rings (SSSR count). The van der Waals surface area contributed by atoms with Crippen LogP contribution in [0.1, 0.15) is 55.1 Å². The lowest BCUT2D eigenvalue weighted by Gasteiger charge is -2.22. The van der Waals surface area contributed by atoms with Crippen LogP contribution in [0.5, 0.6) is 0 Å². The summed E-state index contributed by atoms with van der Waals surface area (Å²) in [5.74, 6) is 1.76. The molecule has 1 saturated carbocycles. The zero-order chi connectivity index (χ0) is 15.5. The maximum atomic E-state index is 4.77. The first-order chi connectivity index (χ1) is 10.6. The van der Waals surface area contributed by atoms with Crippen LogP contribution in [0.3, 0.4) is 0 Å². The lowest BCUT2D eigenvalue weighted by molar-refractivity contribution is 0.304.